The van der Waals surface area contributed by atoms with Crippen molar-refractivity contribution in [2.75, 3.05) is 6.54 Å². The van der Waals surface area contributed by atoms with E-state index in [4.69, 9.17) is 5.11 Å². The van der Waals surface area contributed by atoms with E-state index in [1.54, 1.807) is 0 Å². The first-order chi connectivity index (χ1) is 6.29. The zero-order valence-electron chi connectivity index (χ0n) is 7.68. The van der Waals surface area contributed by atoms with E-state index < -0.39 is 5.97 Å². The largest absolute Gasteiger partial charge is 0.472 e. The molecular weight excluding hydrogens is 166 g/mol. The molecule has 2 N–H and O–H groups in total. The predicted molar refractivity (Wildman–Crippen MR) is 50.3 cm³/mol. The number of piperidine rings is 1. The highest BCUT2D eigenvalue weighted by atomic mass is 16.4. The first kappa shape index (κ1) is 10.1. The van der Waals surface area contributed by atoms with Gasteiger partial charge < -0.3 is 10.4 Å². The zero-order valence-corrected chi connectivity index (χ0v) is 7.68. The van der Waals surface area contributed by atoms with Crippen LogP contribution in [0.5, 0.6) is 0 Å². The van der Waals surface area contributed by atoms with Crippen LogP contribution >= 0.6 is 0 Å². The number of rotatable bonds is 2. The molecule has 1 saturated heterocycles. The maximum absolute atomic E-state index is 10.1. The Bertz CT molecular complexity index is 221. The summed E-state index contributed by atoms with van der Waals surface area (Å²) in [5.74, 6) is 3.74. The van der Waals surface area contributed by atoms with E-state index in [-0.39, 0.29) is 0 Å². The second-order valence-corrected chi connectivity index (χ2v) is 3.29. The van der Waals surface area contributed by atoms with Crippen molar-refractivity contribution < 1.29 is 9.90 Å². The maximum Gasteiger partial charge on any atom is 0.381 e. The number of nitrogens with one attached hydrogen (secondary N) is 1. The molecule has 72 valence electrons. The van der Waals surface area contributed by atoms with Crippen molar-refractivity contribution in [1.29, 1.82) is 0 Å². The molecule has 1 heterocycles. The van der Waals surface area contributed by atoms with Crippen LogP contribution in [0.15, 0.2) is 0 Å². The average molecular weight is 181 g/mol. The van der Waals surface area contributed by atoms with Crippen LogP contribution in [0.25, 0.3) is 0 Å². The lowest BCUT2D eigenvalue weighted by Gasteiger charge is -2.22. The minimum atomic E-state index is -1.03. The van der Waals surface area contributed by atoms with Crippen molar-refractivity contribution in [3.05, 3.63) is 0 Å². The van der Waals surface area contributed by atoms with Gasteiger partial charge in [-0.15, -0.1) is 0 Å². The molecule has 1 fully saturated rings. The van der Waals surface area contributed by atoms with E-state index >= 15 is 0 Å². The van der Waals surface area contributed by atoms with Gasteiger partial charge in [0.1, 0.15) is 0 Å². The molecule has 1 atom stereocenters. The summed E-state index contributed by atoms with van der Waals surface area (Å²) in [5.41, 5.74) is 0. The average Bonchev–Trinajstić information content (AvgIpc) is 2.14. The van der Waals surface area contributed by atoms with E-state index in [9.17, 15) is 4.79 Å². The molecule has 13 heavy (non-hydrogen) atoms. The molecular formula is C10H15NO2. The molecule has 0 aromatic heterocycles. The molecule has 1 aliphatic heterocycles. The van der Waals surface area contributed by atoms with Crippen LogP contribution in [0.1, 0.15) is 32.1 Å². The lowest BCUT2D eigenvalue weighted by atomic mass is 10.0. The fraction of sp³-hybridized carbons (Fsp3) is 0.700. The van der Waals surface area contributed by atoms with Gasteiger partial charge in [0.05, 0.1) is 0 Å². The number of carboxylic acids is 1. The predicted octanol–water partition coefficient (Wildman–Crippen LogP) is 0.997. The second kappa shape index (κ2) is 5.60. The van der Waals surface area contributed by atoms with Crippen molar-refractivity contribution in [2.45, 2.75) is 38.1 Å². The molecule has 3 nitrogen and oxygen atoms in total. The molecule has 0 amide bonds. The van der Waals surface area contributed by atoms with Crippen molar-refractivity contribution in [3.63, 3.8) is 0 Å². The van der Waals surface area contributed by atoms with Gasteiger partial charge in [-0.1, -0.05) is 12.3 Å². The van der Waals surface area contributed by atoms with Crippen LogP contribution in [0.3, 0.4) is 0 Å². The van der Waals surface area contributed by atoms with E-state index in [1.807, 2.05) is 0 Å². The Morgan fingerprint density at radius 3 is 3.00 bits per heavy atom. The molecule has 1 aliphatic rings. The number of hydrogen-bond acceptors (Lipinski definition) is 2. The highest BCUT2D eigenvalue weighted by Crippen LogP contribution is 2.10. The van der Waals surface area contributed by atoms with Crippen LogP contribution in [0.2, 0.25) is 0 Å². The first-order valence-electron chi connectivity index (χ1n) is 4.74. The van der Waals surface area contributed by atoms with E-state index in [0.29, 0.717) is 12.5 Å². The van der Waals surface area contributed by atoms with Gasteiger partial charge >= 0.3 is 5.97 Å². The summed E-state index contributed by atoms with van der Waals surface area (Å²) in [6.45, 7) is 1.09. The van der Waals surface area contributed by atoms with Crippen LogP contribution in [0.4, 0.5) is 0 Å². The fourth-order valence-electron chi connectivity index (χ4n) is 1.55. The van der Waals surface area contributed by atoms with Gasteiger partial charge in [0.2, 0.25) is 0 Å². The molecule has 0 aromatic rings. The lowest BCUT2D eigenvalue weighted by Crippen LogP contribution is -2.33. The van der Waals surface area contributed by atoms with Gasteiger partial charge in [0, 0.05) is 18.4 Å². The van der Waals surface area contributed by atoms with Crippen molar-refractivity contribution >= 4 is 5.97 Å². The summed E-state index contributed by atoms with van der Waals surface area (Å²) in [4.78, 5) is 10.1. The highest BCUT2D eigenvalue weighted by molar-refractivity contribution is 5.86. The first-order valence-corrected chi connectivity index (χ1v) is 4.74. The summed E-state index contributed by atoms with van der Waals surface area (Å²) < 4.78 is 0. The van der Waals surface area contributed by atoms with Gasteiger partial charge in [0.15, 0.2) is 0 Å². The monoisotopic (exact) mass is 181 g/mol. The molecule has 0 spiro atoms. The molecule has 3 heteroatoms. The third-order valence-electron chi connectivity index (χ3n) is 2.23. The van der Waals surface area contributed by atoms with Gasteiger partial charge in [-0.05, 0) is 25.8 Å². The molecule has 1 unspecified atom stereocenters. The summed E-state index contributed by atoms with van der Waals surface area (Å²) in [6.07, 6.45) is 5.40. The smallest absolute Gasteiger partial charge is 0.381 e. The quantitative estimate of drug-likeness (QED) is 0.625. The van der Waals surface area contributed by atoms with Gasteiger partial charge in [-0.3, -0.25) is 0 Å². The van der Waals surface area contributed by atoms with Gasteiger partial charge in [0.25, 0.3) is 0 Å². The Morgan fingerprint density at radius 2 is 2.38 bits per heavy atom. The van der Waals surface area contributed by atoms with E-state index in [2.05, 4.69) is 17.2 Å². The van der Waals surface area contributed by atoms with Crippen molar-refractivity contribution in [1.82, 2.24) is 5.32 Å². The Kier molecular flexibility index (Phi) is 4.34. The van der Waals surface area contributed by atoms with Crippen LogP contribution < -0.4 is 5.32 Å². The Morgan fingerprint density at radius 1 is 1.54 bits per heavy atom. The zero-order chi connectivity index (χ0) is 9.52. The second-order valence-electron chi connectivity index (χ2n) is 3.29. The number of carboxylic acid groups (broad SMARTS) is 1. The molecule has 1 rings (SSSR count). The molecule has 0 saturated carbocycles. The van der Waals surface area contributed by atoms with Crippen molar-refractivity contribution in [3.8, 4) is 11.8 Å². The van der Waals surface area contributed by atoms with E-state index in [1.165, 1.54) is 19.3 Å². The number of hydrogen-bond donors (Lipinski definition) is 2. The summed E-state index contributed by atoms with van der Waals surface area (Å²) in [7, 11) is 0. The Labute approximate surface area is 78.5 Å². The minimum absolute atomic E-state index is 0.553. The highest BCUT2D eigenvalue weighted by Gasteiger charge is 2.10. The summed E-state index contributed by atoms with van der Waals surface area (Å²) in [5, 5.41) is 11.7. The van der Waals surface area contributed by atoms with Gasteiger partial charge in [-0.2, -0.15) is 0 Å². The van der Waals surface area contributed by atoms with E-state index in [0.717, 1.165) is 13.0 Å². The lowest BCUT2D eigenvalue weighted by molar-refractivity contribution is -0.130. The van der Waals surface area contributed by atoms with Crippen LogP contribution in [-0.4, -0.2) is 23.7 Å². The maximum atomic E-state index is 10.1. The van der Waals surface area contributed by atoms with Crippen molar-refractivity contribution in [2.24, 2.45) is 0 Å². The topological polar surface area (TPSA) is 49.3 Å². The Balaban J connectivity index is 2.12. The van der Waals surface area contributed by atoms with Gasteiger partial charge in [-0.25, -0.2) is 4.79 Å². The molecule has 0 bridgehead atoms. The van der Waals surface area contributed by atoms with Crippen LogP contribution in [-0.2, 0) is 4.79 Å². The molecule has 0 radical (unpaired) electrons. The fourth-order valence-corrected chi connectivity index (χ4v) is 1.55. The standard InChI is InChI=1S/C10H15NO2/c12-10(13)7-2-1-5-9-6-3-4-8-11-9/h9,11H,1,3-6,8H2,(H,12,13). The summed E-state index contributed by atoms with van der Waals surface area (Å²) in [6, 6.07) is 0.553. The Hall–Kier alpha value is -1.01. The molecule has 0 aromatic carbocycles. The molecule has 0 aliphatic carbocycles. The SMILES string of the molecule is O=C(O)C#CCCC1CCCCN1. The van der Waals surface area contributed by atoms with Crippen LogP contribution in [0, 0.1) is 11.8 Å². The third kappa shape index (κ3) is 4.54. The summed E-state index contributed by atoms with van der Waals surface area (Å²) >= 11 is 0. The normalized spacial score (nSPS) is 21.7. The number of aliphatic carboxylic acids is 1. The number of carbonyl (C=O) groups is 1. The minimum Gasteiger partial charge on any atom is -0.472 e. The third-order valence-corrected chi connectivity index (χ3v) is 2.23.